The highest BCUT2D eigenvalue weighted by atomic mass is 35.5. The fraction of sp³-hybridized carbons (Fsp3) is 0.545. The van der Waals surface area contributed by atoms with Gasteiger partial charge in [-0.3, -0.25) is 0 Å². The van der Waals surface area contributed by atoms with Crippen LogP contribution in [0.3, 0.4) is 0 Å². The van der Waals surface area contributed by atoms with Gasteiger partial charge in [0.15, 0.2) is 11.5 Å². The van der Waals surface area contributed by atoms with Crippen molar-refractivity contribution in [2.75, 3.05) is 18.9 Å². The number of rotatable bonds is 3. The number of aliphatic hydroxyl groups excluding tert-OH is 2. The van der Waals surface area contributed by atoms with Crippen molar-refractivity contribution in [1.82, 2.24) is 19.5 Å². The smallest absolute Gasteiger partial charge is 0.226 e. The van der Waals surface area contributed by atoms with Crippen LogP contribution in [0.2, 0.25) is 5.28 Å². The standard InChI is InChI=1S/C11H14ClN5O2/c12-11-15-9(13)8-10(16-11)17(4-14-8)7-1-5(2-18)6(7)3-19/h4-7,18-19H,1-3H2,(H2,13,15,16)/t5-,6-,7?/m1/s1. The molecule has 1 saturated carbocycles. The molecule has 1 unspecified atom stereocenters. The minimum absolute atomic E-state index is 0.00244. The molecule has 2 aromatic rings. The van der Waals surface area contributed by atoms with E-state index in [2.05, 4.69) is 15.0 Å². The predicted molar refractivity (Wildman–Crippen MR) is 69.6 cm³/mol. The first kappa shape index (κ1) is 12.6. The van der Waals surface area contributed by atoms with E-state index >= 15 is 0 Å². The van der Waals surface area contributed by atoms with Gasteiger partial charge in [0.25, 0.3) is 0 Å². The van der Waals surface area contributed by atoms with Gasteiger partial charge in [0.1, 0.15) is 5.52 Å². The Labute approximate surface area is 114 Å². The van der Waals surface area contributed by atoms with Gasteiger partial charge in [0, 0.05) is 25.2 Å². The zero-order valence-corrected chi connectivity index (χ0v) is 10.8. The first-order valence-electron chi connectivity index (χ1n) is 6.03. The van der Waals surface area contributed by atoms with Crippen LogP contribution >= 0.6 is 11.6 Å². The van der Waals surface area contributed by atoms with Crippen LogP contribution in [0, 0.1) is 11.8 Å². The minimum atomic E-state index is -0.00244. The third kappa shape index (κ3) is 1.85. The third-order valence-corrected chi connectivity index (χ3v) is 4.04. The summed E-state index contributed by atoms with van der Waals surface area (Å²) in [4.78, 5) is 12.2. The fourth-order valence-electron chi connectivity index (χ4n) is 2.73. The molecule has 0 radical (unpaired) electrons. The number of fused-ring (bicyclic) bond motifs is 1. The van der Waals surface area contributed by atoms with E-state index in [1.807, 2.05) is 4.57 Å². The van der Waals surface area contributed by atoms with Crippen LogP contribution in [0.15, 0.2) is 6.33 Å². The number of halogens is 1. The van der Waals surface area contributed by atoms with Crippen molar-refractivity contribution in [3.8, 4) is 0 Å². The molecule has 3 rings (SSSR count). The lowest BCUT2D eigenvalue weighted by molar-refractivity contribution is -0.00528. The first-order chi connectivity index (χ1) is 9.15. The molecule has 0 saturated heterocycles. The van der Waals surface area contributed by atoms with Gasteiger partial charge in [-0.2, -0.15) is 9.97 Å². The number of hydrogen-bond acceptors (Lipinski definition) is 6. The molecule has 3 atom stereocenters. The normalized spacial score (nSPS) is 26.6. The summed E-state index contributed by atoms with van der Waals surface area (Å²) in [6.45, 7) is 0.0934. The molecule has 19 heavy (non-hydrogen) atoms. The van der Waals surface area contributed by atoms with Crippen LogP contribution in [-0.2, 0) is 0 Å². The number of nitrogens with zero attached hydrogens (tertiary/aromatic N) is 4. The molecule has 1 fully saturated rings. The number of aliphatic hydroxyl groups is 2. The number of anilines is 1. The molecule has 1 aliphatic carbocycles. The molecule has 8 heteroatoms. The van der Waals surface area contributed by atoms with Crippen LogP contribution < -0.4 is 5.73 Å². The van der Waals surface area contributed by atoms with Crippen molar-refractivity contribution in [2.45, 2.75) is 12.5 Å². The second-order valence-electron chi connectivity index (χ2n) is 4.79. The molecule has 2 heterocycles. The summed E-state index contributed by atoms with van der Waals surface area (Å²) in [5, 5.41) is 18.7. The number of nitrogen functional groups attached to an aromatic ring is 1. The van der Waals surface area contributed by atoms with Gasteiger partial charge in [-0.25, -0.2) is 4.98 Å². The third-order valence-electron chi connectivity index (χ3n) is 3.87. The first-order valence-corrected chi connectivity index (χ1v) is 6.40. The zero-order valence-electron chi connectivity index (χ0n) is 10.1. The van der Waals surface area contributed by atoms with E-state index in [-0.39, 0.29) is 42.2 Å². The maximum Gasteiger partial charge on any atom is 0.226 e. The van der Waals surface area contributed by atoms with Crippen LogP contribution in [0.1, 0.15) is 12.5 Å². The average molecular weight is 284 g/mol. The van der Waals surface area contributed by atoms with Gasteiger partial charge in [-0.15, -0.1) is 0 Å². The van der Waals surface area contributed by atoms with Gasteiger partial charge in [0.2, 0.25) is 5.28 Å². The van der Waals surface area contributed by atoms with E-state index < -0.39 is 0 Å². The highest BCUT2D eigenvalue weighted by Gasteiger charge is 2.41. The van der Waals surface area contributed by atoms with E-state index in [1.165, 1.54) is 0 Å². The Balaban J connectivity index is 2.02. The molecule has 2 aromatic heterocycles. The molecule has 102 valence electrons. The zero-order chi connectivity index (χ0) is 13.6. The Kier molecular flexibility index (Phi) is 3.04. The number of imidazole rings is 1. The van der Waals surface area contributed by atoms with E-state index in [0.29, 0.717) is 11.2 Å². The summed E-state index contributed by atoms with van der Waals surface area (Å²) in [6.07, 6.45) is 2.40. The summed E-state index contributed by atoms with van der Waals surface area (Å²) >= 11 is 5.81. The Morgan fingerprint density at radius 3 is 2.84 bits per heavy atom. The fourth-order valence-corrected chi connectivity index (χ4v) is 2.90. The SMILES string of the molecule is Nc1nc(Cl)nc2c1ncn2C1C[C@H](CO)[C@H]1CO. The second-order valence-corrected chi connectivity index (χ2v) is 5.13. The molecule has 0 bridgehead atoms. The molecule has 4 N–H and O–H groups in total. The van der Waals surface area contributed by atoms with Crippen molar-refractivity contribution in [1.29, 1.82) is 0 Å². The molecular weight excluding hydrogens is 270 g/mol. The number of hydrogen-bond donors (Lipinski definition) is 3. The lowest BCUT2D eigenvalue weighted by atomic mass is 9.70. The van der Waals surface area contributed by atoms with Crippen molar-refractivity contribution in [3.05, 3.63) is 11.6 Å². The largest absolute Gasteiger partial charge is 0.396 e. The summed E-state index contributed by atoms with van der Waals surface area (Å²) in [5.41, 5.74) is 6.82. The van der Waals surface area contributed by atoms with Crippen molar-refractivity contribution >= 4 is 28.6 Å². The maximum absolute atomic E-state index is 9.41. The second kappa shape index (κ2) is 4.59. The average Bonchev–Trinajstić information content (AvgIpc) is 2.73. The van der Waals surface area contributed by atoms with Gasteiger partial charge in [-0.05, 0) is 23.9 Å². The molecule has 0 aromatic carbocycles. The van der Waals surface area contributed by atoms with Crippen molar-refractivity contribution < 1.29 is 10.2 Å². The lowest BCUT2D eigenvalue weighted by Gasteiger charge is -2.43. The topological polar surface area (TPSA) is 110 Å². The number of aromatic nitrogens is 4. The monoisotopic (exact) mass is 283 g/mol. The maximum atomic E-state index is 9.41. The molecule has 7 nitrogen and oxygen atoms in total. The number of nitrogens with two attached hydrogens (primary N) is 1. The van der Waals surface area contributed by atoms with E-state index in [9.17, 15) is 10.2 Å². The van der Waals surface area contributed by atoms with Crippen molar-refractivity contribution in [2.24, 2.45) is 11.8 Å². The predicted octanol–water partition coefficient (Wildman–Crippen LogP) is 0.224. The Morgan fingerprint density at radius 2 is 2.16 bits per heavy atom. The van der Waals surface area contributed by atoms with Crippen LogP contribution in [0.25, 0.3) is 11.2 Å². The summed E-state index contributed by atoms with van der Waals surface area (Å²) in [7, 11) is 0. The van der Waals surface area contributed by atoms with Crippen LogP contribution in [0.4, 0.5) is 5.82 Å². The van der Waals surface area contributed by atoms with E-state index in [0.717, 1.165) is 6.42 Å². The summed E-state index contributed by atoms with van der Waals surface area (Å²) in [5.74, 6) is 0.354. The Hall–Kier alpha value is -1.44. The molecule has 0 amide bonds. The molecule has 0 spiro atoms. The van der Waals surface area contributed by atoms with E-state index in [4.69, 9.17) is 17.3 Å². The minimum Gasteiger partial charge on any atom is -0.396 e. The van der Waals surface area contributed by atoms with E-state index in [1.54, 1.807) is 6.33 Å². The summed E-state index contributed by atoms with van der Waals surface area (Å²) < 4.78 is 1.85. The summed E-state index contributed by atoms with van der Waals surface area (Å²) in [6, 6.07) is 0.0533. The van der Waals surface area contributed by atoms with Crippen LogP contribution in [0.5, 0.6) is 0 Å². The van der Waals surface area contributed by atoms with Gasteiger partial charge in [0.05, 0.1) is 6.33 Å². The highest BCUT2D eigenvalue weighted by molar-refractivity contribution is 6.28. The molecular formula is C11H14ClN5O2. The molecule has 0 aliphatic heterocycles. The highest BCUT2D eigenvalue weighted by Crippen LogP contribution is 2.44. The van der Waals surface area contributed by atoms with Gasteiger partial charge < -0.3 is 20.5 Å². The van der Waals surface area contributed by atoms with Gasteiger partial charge >= 0.3 is 0 Å². The molecule has 1 aliphatic rings. The van der Waals surface area contributed by atoms with Crippen LogP contribution in [-0.4, -0.2) is 42.9 Å². The Morgan fingerprint density at radius 1 is 1.37 bits per heavy atom. The lowest BCUT2D eigenvalue weighted by Crippen LogP contribution is -2.42. The quantitative estimate of drug-likeness (QED) is 0.695. The van der Waals surface area contributed by atoms with Gasteiger partial charge in [-0.1, -0.05) is 0 Å². The Bertz CT molecular complexity index is 616. The van der Waals surface area contributed by atoms with Crippen molar-refractivity contribution in [3.63, 3.8) is 0 Å².